The number of aryl methyl sites for hydroxylation is 3. The first-order chi connectivity index (χ1) is 9.43. The molecule has 2 heterocycles. The Kier molecular flexibility index (Phi) is 4.45. The lowest BCUT2D eigenvalue weighted by Gasteiger charge is -2.20. The van der Waals surface area contributed by atoms with E-state index < -0.39 is 0 Å². The highest BCUT2D eigenvalue weighted by molar-refractivity contribution is 7.09. The zero-order chi connectivity index (χ0) is 14.9. The molecule has 2 rings (SSSR count). The summed E-state index contributed by atoms with van der Waals surface area (Å²) in [5, 5.41) is 11.2. The van der Waals surface area contributed by atoms with Gasteiger partial charge in [0.25, 0.3) is 0 Å². The van der Waals surface area contributed by atoms with Gasteiger partial charge in [-0.15, -0.1) is 11.3 Å². The lowest BCUT2D eigenvalue weighted by Crippen LogP contribution is -2.29. The van der Waals surface area contributed by atoms with E-state index in [1.54, 1.807) is 23.1 Å². The lowest BCUT2D eigenvalue weighted by atomic mass is 10.1. The maximum absolute atomic E-state index is 5.53. The van der Waals surface area contributed by atoms with Gasteiger partial charge in [0.05, 0.1) is 24.4 Å². The minimum atomic E-state index is 0.0114. The molecule has 0 aromatic carbocycles. The van der Waals surface area contributed by atoms with Crippen LogP contribution in [0.3, 0.4) is 0 Å². The summed E-state index contributed by atoms with van der Waals surface area (Å²) >= 11 is 1.67. The van der Waals surface area contributed by atoms with Crippen molar-refractivity contribution in [3.8, 4) is 5.88 Å². The normalized spacial score (nSPS) is 12.9. The van der Waals surface area contributed by atoms with Gasteiger partial charge in [-0.2, -0.15) is 5.10 Å². The van der Waals surface area contributed by atoms with Crippen LogP contribution < -0.4 is 10.1 Å². The second-order valence-corrected chi connectivity index (χ2v) is 6.10. The largest absolute Gasteiger partial charge is 0.481 e. The van der Waals surface area contributed by atoms with Gasteiger partial charge in [0.1, 0.15) is 5.01 Å². The molecule has 0 saturated carbocycles. The van der Waals surface area contributed by atoms with E-state index in [2.05, 4.69) is 34.6 Å². The number of rotatable bonds is 5. The summed E-state index contributed by atoms with van der Waals surface area (Å²) in [5.74, 6) is 0.786. The van der Waals surface area contributed by atoms with Gasteiger partial charge >= 0.3 is 0 Å². The number of nitrogens with zero attached hydrogens (tertiary/aromatic N) is 3. The second kappa shape index (κ2) is 5.93. The first-order valence-electron chi connectivity index (χ1n) is 6.69. The quantitative estimate of drug-likeness (QED) is 0.921. The molecule has 5 nitrogen and oxygen atoms in total. The second-order valence-electron chi connectivity index (χ2n) is 5.21. The van der Waals surface area contributed by atoms with Gasteiger partial charge in [-0.05, 0) is 27.7 Å². The van der Waals surface area contributed by atoms with E-state index in [1.807, 2.05) is 20.9 Å². The minimum absolute atomic E-state index is 0.0114. The van der Waals surface area contributed by atoms with E-state index in [0.717, 1.165) is 27.8 Å². The highest BCUT2D eigenvalue weighted by Crippen LogP contribution is 2.34. The summed E-state index contributed by atoms with van der Waals surface area (Å²) in [6, 6.07) is 0.353. The smallest absolute Gasteiger partial charge is 0.216 e. The first kappa shape index (κ1) is 15.0. The Morgan fingerprint density at radius 2 is 2.05 bits per heavy atom. The molecule has 0 bridgehead atoms. The van der Waals surface area contributed by atoms with Crippen molar-refractivity contribution in [2.45, 2.75) is 39.8 Å². The Labute approximate surface area is 124 Å². The number of hydrogen-bond acceptors (Lipinski definition) is 5. The maximum Gasteiger partial charge on any atom is 0.216 e. The van der Waals surface area contributed by atoms with E-state index in [-0.39, 0.29) is 6.04 Å². The molecule has 1 N–H and O–H groups in total. The molecule has 2 aromatic rings. The molecule has 0 radical (unpaired) electrons. The fourth-order valence-corrected chi connectivity index (χ4v) is 3.21. The van der Waals surface area contributed by atoms with Crippen molar-refractivity contribution in [3.05, 3.63) is 27.3 Å². The fourth-order valence-electron chi connectivity index (χ4n) is 2.34. The predicted molar refractivity (Wildman–Crippen MR) is 81.5 cm³/mol. The van der Waals surface area contributed by atoms with Crippen molar-refractivity contribution in [1.82, 2.24) is 20.1 Å². The van der Waals surface area contributed by atoms with Crippen molar-refractivity contribution in [2.75, 3.05) is 7.11 Å². The molecule has 0 spiro atoms. The highest BCUT2D eigenvalue weighted by atomic mass is 32.1. The van der Waals surface area contributed by atoms with Crippen molar-refractivity contribution >= 4 is 11.3 Å². The number of thiazole rings is 1. The molecule has 0 aliphatic heterocycles. The number of methoxy groups -OCH3 is 1. The van der Waals surface area contributed by atoms with Crippen molar-refractivity contribution in [1.29, 1.82) is 0 Å². The summed E-state index contributed by atoms with van der Waals surface area (Å²) in [4.78, 5) is 4.63. The standard InChI is InChI=1S/C14H22N4OS/c1-8(2)15-12(13-16-9(3)7-20-13)11-10(4)17-18(5)14(11)19-6/h7-8,12,15H,1-6H3. The molecule has 0 fully saturated rings. The summed E-state index contributed by atoms with van der Waals surface area (Å²) in [5.41, 5.74) is 3.08. The van der Waals surface area contributed by atoms with Gasteiger partial charge in [0, 0.05) is 24.2 Å². The van der Waals surface area contributed by atoms with Gasteiger partial charge < -0.3 is 10.1 Å². The summed E-state index contributed by atoms with van der Waals surface area (Å²) in [6.07, 6.45) is 0. The van der Waals surface area contributed by atoms with E-state index in [1.165, 1.54) is 0 Å². The number of ether oxygens (including phenoxy) is 1. The van der Waals surface area contributed by atoms with Crippen molar-refractivity contribution in [3.63, 3.8) is 0 Å². The molecule has 0 amide bonds. The summed E-state index contributed by atoms with van der Waals surface area (Å²) in [6.45, 7) is 8.28. The van der Waals surface area contributed by atoms with Crippen LogP contribution in [-0.4, -0.2) is 27.9 Å². The number of aromatic nitrogens is 3. The van der Waals surface area contributed by atoms with Crippen LogP contribution in [0.25, 0.3) is 0 Å². The third-order valence-electron chi connectivity index (χ3n) is 3.08. The average Bonchev–Trinajstić information content (AvgIpc) is 2.90. The van der Waals surface area contributed by atoms with Gasteiger partial charge in [0.15, 0.2) is 0 Å². The molecule has 2 aromatic heterocycles. The Morgan fingerprint density at radius 1 is 1.35 bits per heavy atom. The average molecular weight is 294 g/mol. The van der Waals surface area contributed by atoms with Crippen LogP contribution in [-0.2, 0) is 7.05 Å². The van der Waals surface area contributed by atoms with Gasteiger partial charge in [-0.3, -0.25) is 0 Å². The van der Waals surface area contributed by atoms with Crippen LogP contribution in [0.5, 0.6) is 5.88 Å². The SMILES string of the molecule is COc1c(C(NC(C)C)c2nc(C)cs2)c(C)nn1C. The molecule has 0 saturated heterocycles. The topological polar surface area (TPSA) is 52.0 Å². The van der Waals surface area contributed by atoms with Crippen molar-refractivity contribution in [2.24, 2.45) is 7.05 Å². The monoisotopic (exact) mass is 294 g/mol. The molecule has 6 heteroatoms. The number of hydrogen-bond donors (Lipinski definition) is 1. The van der Waals surface area contributed by atoms with Crippen LogP contribution in [0, 0.1) is 13.8 Å². The Balaban J connectivity index is 2.51. The maximum atomic E-state index is 5.53. The summed E-state index contributed by atoms with van der Waals surface area (Å²) < 4.78 is 7.30. The van der Waals surface area contributed by atoms with Crippen LogP contribution in [0.1, 0.15) is 41.8 Å². The Morgan fingerprint density at radius 3 is 2.55 bits per heavy atom. The molecule has 110 valence electrons. The van der Waals surface area contributed by atoms with Gasteiger partial charge in [-0.25, -0.2) is 9.67 Å². The summed E-state index contributed by atoms with van der Waals surface area (Å²) in [7, 11) is 3.58. The zero-order valence-corrected chi connectivity index (χ0v) is 13.7. The molecule has 0 aliphatic carbocycles. The van der Waals surface area contributed by atoms with E-state index in [4.69, 9.17) is 4.74 Å². The molecule has 1 atom stereocenters. The Bertz CT molecular complexity index is 588. The minimum Gasteiger partial charge on any atom is -0.481 e. The molecule has 0 aliphatic rings. The van der Waals surface area contributed by atoms with Gasteiger partial charge in [0.2, 0.25) is 5.88 Å². The van der Waals surface area contributed by atoms with Crippen LogP contribution in [0.2, 0.25) is 0 Å². The molecular weight excluding hydrogens is 272 g/mol. The van der Waals surface area contributed by atoms with Crippen molar-refractivity contribution < 1.29 is 4.74 Å². The zero-order valence-electron chi connectivity index (χ0n) is 12.9. The molecule has 1 unspecified atom stereocenters. The fraction of sp³-hybridized carbons (Fsp3) is 0.571. The van der Waals surface area contributed by atoms with Crippen LogP contribution in [0.15, 0.2) is 5.38 Å². The van der Waals surface area contributed by atoms with E-state index >= 15 is 0 Å². The lowest BCUT2D eigenvalue weighted by molar-refractivity contribution is 0.363. The van der Waals surface area contributed by atoms with E-state index in [9.17, 15) is 0 Å². The first-order valence-corrected chi connectivity index (χ1v) is 7.57. The molecule has 20 heavy (non-hydrogen) atoms. The number of nitrogens with one attached hydrogen (secondary N) is 1. The van der Waals surface area contributed by atoms with Crippen LogP contribution >= 0.6 is 11.3 Å². The predicted octanol–water partition coefficient (Wildman–Crippen LogP) is 2.59. The highest BCUT2D eigenvalue weighted by Gasteiger charge is 2.27. The molecular formula is C14H22N4OS. The third kappa shape index (κ3) is 2.86. The Hall–Kier alpha value is -1.40. The van der Waals surface area contributed by atoms with Crippen LogP contribution in [0.4, 0.5) is 0 Å². The third-order valence-corrected chi connectivity index (χ3v) is 4.11. The van der Waals surface area contributed by atoms with E-state index in [0.29, 0.717) is 6.04 Å². The van der Waals surface area contributed by atoms with Gasteiger partial charge in [-0.1, -0.05) is 0 Å².